The lowest BCUT2D eigenvalue weighted by atomic mass is 10.2. The van der Waals surface area contributed by atoms with E-state index in [9.17, 15) is 13.2 Å². The van der Waals surface area contributed by atoms with Crippen LogP contribution in [0.5, 0.6) is 0 Å². The van der Waals surface area contributed by atoms with Crippen molar-refractivity contribution in [2.75, 3.05) is 12.3 Å². The van der Waals surface area contributed by atoms with E-state index in [4.69, 9.17) is 5.73 Å². The molecule has 0 aromatic carbocycles. The second-order valence-electron chi connectivity index (χ2n) is 5.77. The normalized spacial score (nSPS) is 21.2. The predicted octanol–water partition coefficient (Wildman–Crippen LogP) is 1.01. The second-order valence-corrected chi connectivity index (χ2v) is 8.17. The van der Waals surface area contributed by atoms with Gasteiger partial charge in [0.05, 0.1) is 11.0 Å². The highest BCUT2D eigenvalue weighted by Crippen LogP contribution is 2.32. The summed E-state index contributed by atoms with van der Waals surface area (Å²) in [6.07, 6.45) is 5.81. The van der Waals surface area contributed by atoms with Gasteiger partial charge in [-0.3, -0.25) is 4.79 Å². The predicted molar refractivity (Wildman–Crippen MR) is 81.6 cm³/mol. The molecule has 0 aromatic heterocycles. The SMILES string of the molecule is Cl.NCC(NC(=O)CCS(=O)(=O)C1CCCC1)C1CC1. The maximum atomic E-state index is 12.0. The summed E-state index contributed by atoms with van der Waals surface area (Å²) in [6.45, 7) is 0.436. The molecule has 5 nitrogen and oxygen atoms in total. The van der Waals surface area contributed by atoms with Crippen molar-refractivity contribution < 1.29 is 13.2 Å². The molecule has 2 saturated carbocycles. The van der Waals surface area contributed by atoms with E-state index in [1.54, 1.807) is 0 Å². The Labute approximate surface area is 127 Å². The molecular weight excluding hydrogens is 300 g/mol. The van der Waals surface area contributed by atoms with E-state index in [1.807, 2.05) is 0 Å². The maximum absolute atomic E-state index is 12.0. The summed E-state index contributed by atoms with van der Waals surface area (Å²) in [7, 11) is -3.09. The summed E-state index contributed by atoms with van der Waals surface area (Å²) in [5, 5.41) is 2.65. The van der Waals surface area contributed by atoms with Gasteiger partial charge in [-0.25, -0.2) is 8.42 Å². The summed E-state index contributed by atoms with van der Waals surface area (Å²) >= 11 is 0. The van der Waals surface area contributed by atoms with Crippen LogP contribution in [0.1, 0.15) is 44.9 Å². The molecular formula is C13H25ClN2O3S. The number of rotatable bonds is 7. The fourth-order valence-electron chi connectivity index (χ4n) is 2.80. The van der Waals surface area contributed by atoms with E-state index >= 15 is 0 Å². The largest absolute Gasteiger partial charge is 0.352 e. The van der Waals surface area contributed by atoms with Gasteiger partial charge in [0, 0.05) is 19.0 Å². The van der Waals surface area contributed by atoms with E-state index in [0.717, 1.165) is 38.5 Å². The highest BCUT2D eigenvalue weighted by molar-refractivity contribution is 7.92. The van der Waals surface area contributed by atoms with Crippen LogP contribution >= 0.6 is 12.4 Å². The van der Waals surface area contributed by atoms with Gasteiger partial charge < -0.3 is 11.1 Å². The molecule has 0 saturated heterocycles. The average molecular weight is 325 g/mol. The molecule has 20 heavy (non-hydrogen) atoms. The van der Waals surface area contributed by atoms with Crippen LogP contribution < -0.4 is 11.1 Å². The van der Waals surface area contributed by atoms with Crippen molar-refractivity contribution in [3.8, 4) is 0 Å². The number of hydrogen-bond donors (Lipinski definition) is 2. The molecule has 0 radical (unpaired) electrons. The first-order chi connectivity index (χ1) is 9.03. The molecule has 7 heteroatoms. The van der Waals surface area contributed by atoms with Crippen molar-refractivity contribution in [1.82, 2.24) is 5.32 Å². The van der Waals surface area contributed by atoms with Gasteiger partial charge >= 0.3 is 0 Å². The van der Waals surface area contributed by atoms with Crippen LogP contribution in [-0.2, 0) is 14.6 Å². The fraction of sp³-hybridized carbons (Fsp3) is 0.923. The van der Waals surface area contributed by atoms with Crippen LogP contribution in [0.15, 0.2) is 0 Å². The second kappa shape index (κ2) is 7.61. The van der Waals surface area contributed by atoms with Crippen LogP contribution in [0, 0.1) is 5.92 Å². The van der Waals surface area contributed by atoms with Crippen LogP contribution in [0.25, 0.3) is 0 Å². The van der Waals surface area contributed by atoms with Gasteiger partial charge in [0.2, 0.25) is 5.91 Å². The number of hydrogen-bond acceptors (Lipinski definition) is 4. The molecule has 1 atom stereocenters. The number of sulfone groups is 1. The third-order valence-corrected chi connectivity index (χ3v) is 6.48. The van der Waals surface area contributed by atoms with E-state index in [-0.39, 0.29) is 41.8 Å². The highest BCUT2D eigenvalue weighted by atomic mass is 35.5. The monoisotopic (exact) mass is 324 g/mol. The van der Waals surface area contributed by atoms with E-state index < -0.39 is 9.84 Å². The zero-order chi connectivity index (χ0) is 13.9. The molecule has 1 unspecified atom stereocenters. The summed E-state index contributed by atoms with van der Waals surface area (Å²) in [5.74, 6) is 0.301. The van der Waals surface area contributed by atoms with Crippen molar-refractivity contribution in [2.45, 2.75) is 56.2 Å². The molecule has 0 spiro atoms. The van der Waals surface area contributed by atoms with Gasteiger partial charge in [-0.15, -0.1) is 12.4 Å². The minimum absolute atomic E-state index is 0. The zero-order valence-corrected chi connectivity index (χ0v) is 13.3. The number of nitrogens with two attached hydrogens (primary N) is 1. The molecule has 0 bridgehead atoms. The Hall–Kier alpha value is -0.330. The Bertz CT molecular complexity index is 417. The van der Waals surface area contributed by atoms with Gasteiger partial charge in [-0.05, 0) is 31.6 Å². The smallest absolute Gasteiger partial charge is 0.221 e. The maximum Gasteiger partial charge on any atom is 0.221 e. The summed E-state index contributed by atoms with van der Waals surface area (Å²) in [6, 6.07) is 0.0293. The molecule has 2 aliphatic carbocycles. The quantitative estimate of drug-likeness (QED) is 0.731. The fourth-order valence-corrected chi connectivity index (χ4v) is 4.65. The van der Waals surface area contributed by atoms with Gasteiger partial charge in [-0.1, -0.05) is 12.8 Å². The minimum Gasteiger partial charge on any atom is -0.352 e. The molecule has 2 aliphatic rings. The first-order valence-corrected chi connectivity index (χ1v) is 8.95. The van der Waals surface area contributed by atoms with E-state index in [1.165, 1.54) is 0 Å². The molecule has 0 aromatic rings. The van der Waals surface area contributed by atoms with Gasteiger partial charge in [0.25, 0.3) is 0 Å². The third-order valence-electron chi connectivity index (χ3n) is 4.22. The Kier molecular flexibility index (Phi) is 6.75. The number of carbonyl (C=O) groups is 1. The molecule has 118 valence electrons. The first-order valence-electron chi connectivity index (χ1n) is 7.24. The number of amides is 1. The topological polar surface area (TPSA) is 89.3 Å². The Balaban J connectivity index is 0.00000200. The van der Waals surface area contributed by atoms with Crippen molar-refractivity contribution >= 4 is 28.2 Å². The number of halogens is 1. The molecule has 0 heterocycles. The summed E-state index contributed by atoms with van der Waals surface area (Å²) < 4.78 is 24.1. The highest BCUT2D eigenvalue weighted by Gasteiger charge is 2.32. The van der Waals surface area contributed by atoms with Gasteiger partial charge in [-0.2, -0.15) is 0 Å². The van der Waals surface area contributed by atoms with Crippen molar-refractivity contribution in [3.63, 3.8) is 0 Å². The van der Waals surface area contributed by atoms with Crippen LogP contribution in [-0.4, -0.2) is 37.9 Å². The van der Waals surface area contributed by atoms with Gasteiger partial charge in [0.15, 0.2) is 9.84 Å². The lowest BCUT2D eigenvalue weighted by Gasteiger charge is -2.16. The first kappa shape index (κ1) is 17.7. The Morgan fingerprint density at radius 3 is 2.30 bits per heavy atom. The standard InChI is InChI=1S/C13H24N2O3S.ClH/c14-9-12(10-5-6-10)15-13(16)7-8-19(17,18)11-3-1-2-4-11;/h10-12H,1-9,14H2,(H,15,16);1H. The summed E-state index contributed by atoms with van der Waals surface area (Å²) in [5.41, 5.74) is 5.61. The van der Waals surface area contributed by atoms with Crippen molar-refractivity contribution in [3.05, 3.63) is 0 Å². The number of nitrogens with one attached hydrogen (secondary N) is 1. The Morgan fingerprint density at radius 1 is 1.20 bits per heavy atom. The van der Waals surface area contributed by atoms with Crippen LogP contribution in [0.3, 0.4) is 0 Å². The molecule has 2 rings (SSSR count). The molecule has 1 amide bonds. The van der Waals surface area contributed by atoms with Gasteiger partial charge in [0.1, 0.15) is 0 Å². The van der Waals surface area contributed by atoms with E-state index in [0.29, 0.717) is 12.5 Å². The van der Waals surface area contributed by atoms with Crippen molar-refractivity contribution in [2.24, 2.45) is 11.7 Å². The van der Waals surface area contributed by atoms with Crippen LogP contribution in [0.4, 0.5) is 0 Å². The minimum atomic E-state index is -3.09. The zero-order valence-electron chi connectivity index (χ0n) is 11.7. The molecule has 3 N–H and O–H groups in total. The summed E-state index contributed by atoms with van der Waals surface area (Å²) in [4.78, 5) is 11.8. The average Bonchev–Trinajstić information content (AvgIpc) is 3.06. The Morgan fingerprint density at radius 2 is 1.80 bits per heavy atom. The lowest BCUT2D eigenvalue weighted by molar-refractivity contribution is -0.121. The van der Waals surface area contributed by atoms with Crippen molar-refractivity contribution in [1.29, 1.82) is 0 Å². The van der Waals surface area contributed by atoms with Crippen LogP contribution in [0.2, 0.25) is 0 Å². The number of carbonyl (C=O) groups excluding carboxylic acids is 1. The molecule has 2 fully saturated rings. The third kappa shape index (κ3) is 4.90. The molecule has 0 aliphatic heterocycles. The lowest BCUT2D eigenvalue weighted by Crippen LogP contribution is -2.42. The van der Waals surface area contributed by atoms with E-state index in [2.05, 4.69) is 5.32 Å².